The number of para-hydroxylation sites is 2. The quantitative estimate of drug-likeness (QED) is 0.500. The molecule has 3 aromatic rings. The van der Waals surface area contributed by atoms with Gasteiger partial charge in [0, 0.05) is 18.7 Å². The normalized spacial score (nSPS) is 12.2. The monoisotopic (exact) mass is 422 g/mol. The molecule has 164 valence electrons. The zero-order valence-electron chi connectivity index (χ0n) is 18.6. The molecule has 7 nitrogen and oxygen atoms in total. The van der Waals surface area contributed by atoms with Gasteiger partial charge >= 0.3 is 0 Å². The van der Waals surface area contributed by atoms with E-state index in [1.807, 2.05) is 28.8 Å². The van der Waals surface area contributed by atoms with E-state index >= 15 is 0 Å². The number of carbonyl (C=O) groups excluding carboxylic acids is 2. The predicted molar refractivity (Wildman–Crippen MR) is 123 cm³/mol. The van der Waals surface area contributed by atoms with E-state index in [0.29, 0.717) is 23.8 Å². The highest BCUT2D eigenvalue weighted by molar-refractivity contribution is 5.95. The van der Waals surface area contributed by atoms with Crippen LogP contribution in [-0.4, -0.2) is 51.9 Å². The number of benzene rings is 2. The molecule has 0 saturated heterocycles. The lowest BCUT2D eigenvalue weighted by atomic mass is 10.1. The van der Waals surface area contributed by atoms with E-state index in [4.69, 9.17) is 4.74 Å². The second kappa shape index (κ2) is 10.2. The molecule has 1 heterocycles. The van der Waals surface area contributed by atoms with Gasteiger partial charge in [-0.25, -0.2) is 4.98 Å². The van der Waals surface area contributed by atoms with Crippen molar-refractivity contribution in [1.82, 2.24) is 14.5 Å². The average Bonchev–Trinajstić information content (AvgIpc) is 3.11. The van der Waals surface area contributed by atoms with Crippen molar-refractivity contribution in [3.63, 3.8) is 0 Å². The van der Waals surface area contributed by atoms with Crippen LogP contribution in [0.3, 0.4) is 0 Å². The molecule has 0 aliphatic carbocycles. The summed E-state index contributed by atoms with van der Waals surface area (Å²) in [7, 11) is 0. The topological polar surface area (TPSA) is 76.5 Å². The number of nitrogens with zero attached hydrogens (tertiary/aromatic N) is 3. The summed E-state index contributed by atoms with van der Waals surface area (Å²) < 4.78 is 7.81. The van der Waals surface area contributed by atoms with Crippen molar-refractivity contribution in [3.05, 3.63) is 54.1 Å². The summed E-state index contributed by atoms with van der Waals surface area (Å²) in [5, 5.41) is 2.92. The second-order valence-corrected chi connectivity index (χ2v) is 7.44. The molecule has 1 amide bonds. The van der Waals surface area contributed by atoms with Crippen LogP contribution in [0.2, 0.25) is 0 Å². The minimum absolute atomic E-state index is 0.0514. The van der Waals surface area contributed by atoms with E-state index in [-0.39, 0.29) is 11.7 Å². The first-order valence-electron chi connectivity index (χ1n) is 10.7. The molecule has 3 rings (SSSR count). The number of nitrogens with one attached hydrogen (secondary N) is 1. The molecule has 0 spiro atoms. The molecular formula is C24H30N4O3. The van der Waals surface area contributed by atoms with Crippen molar-refractivity contribution in [2.24, 2.45) is 0 Å². The Kier molecular flexibility index (Phi) is 7.41. The molecule has 31 heavy (non-hydrogen) atoms. The third-order valence-electron chi connectivity index (χ3n) is 5.35. The molecule has 0 aliphatic heterocycles. The summed E-state index contributed by atoms with van der Waals surface area (Å²) in [5.41, 5.74) is 2.36. The van der Waals surface area contributed by atoms with E-state index < -0.39 is 6.10 Å². The fourth-order valence-electron chi connectivity index (χ4n) is 3.44. The smallest absolute Gasteiger partial charge is 0.267 e. The molecule has 1 N–H and O–H groups in total. The van der Waals surface area contributed by atoms with Gasteiger partial charge in [-0.05, 0) is 51.2 Å². The number of Topliss-reactive ketones (excluding diaryl/α,β-unsaturated/α-hetero) is 1. The third-order valence-corrected chi connectivity index (χ3v) is 5.35. The zero-order chi connectivity index (χ0) is 22.4. The van der Waals surface area contributed by atoms with Crippen LogP contribution in [0.4, 0.5) is 5.95 Å². The number of fused-ring (bicyclic) bond motifs is 1. The molecule has 2 aromatic carbocycles. The Hall–Kier alpha value is -3.19. The lowest BCUT2D eigenvalue weighted by molar-refractivity contribution is -0.122. The number of ketones is 1. The first-order valence-corrected chi connectivity index (χ1v) is 10.7. The summed E-state index contributed by atoms with van der Waals surface area (Å²) >= 11 is 0. The maximum atomic E-state index is 12.8. The van der Waals surface area contributed by atoms with Gasteiger partial charge in [0.05, 0.1) is 11.0 Å². The Balaban J connectivity index is 1.77. The Morgan fingerprint density at radius 3 is 2.58 bits per heavy atom. The highest BCUT2D eigenvalue weighted by Gasteiger charge is 2.19. The average molecular weight is 423 g/mol. The molecule has 0 radical (unpaired) electrons. The fourth-order valence-corrected chi connectivity index (χ4v) is 3.44. The number of imidazole rings is 1. The van der Waals surface area contributed by atoms with E-state index in [2.05, 4.69) is 29.0 Å². The Labute approximate surface area is 183 Å². The summed E-state index contributed by atoms with van der Waals surface area (Å²) in [4.78, 5) is 31.4. The van der Waals surface area contributed by atoms with Crippen LogP contribution >= 0.6 is 0 Å². The fraction of sp³-hybridized carbons (Fsp3) is 0.375. The molecular weight excluding hydrogens is 392 g/mol. The van der Waals surface area contributed by atoms with Crippen LogP contribution in [-0.2, 0) is 11.3 Å². The largest absolute Gasteiger partial charge is 0.481 e. The molecule has 0 bridgehead atoms. The number of anilines is 1. The van der Waals surface area contributed by atoms with Crippen LogP contribution in [0.1, 0.15) is 38.1 Å². The Morgan fingerprint density at radius 1 is 1.13 bits per heavy atom. The van der Waals surface area contributed by atoms with Gasteiger partial charge in [-0.1, -0.05) is 38.1 Å². The number of aromatic nitrogens is 2. The van der Waals surface area contributed by atoms with Gasteiger partial charge in [0.15, 0.2) is 11.9 Å². The van der Waals surface area contributed by atoms with Crippen molar-refractivity contribution < 1.29 is 14.3 Å². The Bertz CT molecular complexity index is 1060. The summed E-state index contributed by atoms with van der Waals surface area (Å²) in [5.74, 6) is 0.633. The highest BCUT2D eigenvalue weighted by atomic mass is 16.5. The number of ether oxygens (including phenoxy) is 1. The lowest BCUT2D eigenvalue weighted by Crippen LogP contribution is -2.32. The minimum atomic E-state index is -0.752. The van der Waals surface area contributed by atoms with Crippen molar-refractivity contribution in [3.8, 4) is 5.75 Å². The van der Waals surface area contributed by atoms with E-state index in [1.54, 1.807) is 31.2 Å². The van der Waals surface area contributed by atoms with E-state index in [0.717, 1.165) is 30.7 Å². The first-order chi connectivity index (χ1) is 14.9. The number of amides is 1. The van der Waals surface area contributed by atoms with Crippen LogP contribution in [0.5, 0.6) is 5.75 Å². The van der Waals surface area contributed by atoms with Crippen LogP contribution < -0.4 is 10.1 Å². The molecule has 0 saturated carbocycles. The maximum Gasteiger partial charge on any atom is 0.267 e. The molecule has 1 atom stereocenters. The third kappa shape index (κ3) is 5.49. The van der Waals surface area contributed by atoms with Crippen molar-refractivity contribution >= 4 is 28.7 Å². The highest BCUT2D eigenvalue weighted by Crippen LogP contribution is 2.21. The van der Waals surface area contributed by atoms with Gasteiger partial charge in [-0.3, -0.25) is 14.9 Å². The first kappa shape index (κ1) is 22.5. The van der Waals surface area contributed by atoms with Crippen LogP contribution in [0, 0.1) is 0 Å². The summed E-state index contributed by atoms with van der Waals surface area (Å²) in [6.07, 6.45) is -0.752. The number of likely N-dealkylation sites (N-methyl/N-ethyl adjacent to an activating group) is 1. The Morgan fingerprint density at radius 2 is 1.87 bits per heavy atom. The van der Waals surface area contributed by atoms with Gasteiger partial charge in [-0.2, -0.15) is 0 Å². The van der Waals surface area contributed by atoms with Gasteiger partial charge in [0.25, 0.3) is 5.91 Å². The molecule has 1 unspecified atom stereocenters. The number of carbonyl (C=O) groups is 2. The van der Waals surface area contributed by atoms with Crippen molar-refractivity contribution in [2.45, 2.75) is 40.3 Å². The van der Waals surface area contributed by atoms with E-state index in [9.17, 15) is 9.59 Å². The van der Waals surface area contributed by atoms with Gasteiger partial charge < -0.3 is 14.2 Å². The molecule has 0 aliphatic rings. The summed E-state index contributed by atoms with van der Waals surface area (Å²) in [6, 6.07) is 14.7. The molecule has 1 aromatic heterocycles. The van der Waals surface area contributed by atoms with Crippen LogP contribution in [0.25, 0.3) is 11.0 Å². The number of rotatable bonds is 10. The zero-order valence-corrected chi connectivity index (χ0v) is 18.6. The maximum absolute atomic E-state index is 12.8. The lowest BCUT2D eigenvalue weighted by Gasteiger charge is -2.20. The minimum Gasteiger partial charge on any atom is -0.481 e. The summed E-state index contributed by atoms with van der Waals surface area (Å²) in [6.45, 7) is 11.0. The molecule has 7 heteroatoms. The molecule has 0 fully saturated rings. The number of hydrogen-bond acceptors (Lipinski definition) is 5. The van der Waals surface area contributed by atoms with Gasteiger partial charge in [0.2, 0.25) is 5.95 Å². The second-order valence-electron chi connectivity index (χ2n) is 7.44. The van der Waals surface area contributed by atoms with Crippen molar-refractivity contribution in [1.29, 1.82) is 0 Å². The van der Waals surface area contributed by atoms with Crippen LogP contribution in [0.15, 0.2) is 48.5 Å². The number of hydrogen-bond donors (Lipinski definition) is 1. The van der Waals surface area contributed by atoms with Gasteiger partial charge in [0.1, 0.15) is 5.75 Å². The van der Waals surface area contributed by atoms with Crippen molar-refractivity contribution in [2.75, 3.05) is 25.0 Å². The predicted octanol–water partition coefficient (Wildman–Crippen LogP) is 3.99. The van der Waals surface area contributed by atoms with E-state index in [1.165, 1.54) is 6.92 Å². The standard InChI is InChI=1S/C24H30N4O3/c1-5-27(6-2)14-15-28-22-13-8-7-12-21(22)25-24(28)26-23(30)18(4)31-20-11-9-10-19(16-20)17(3)29/h7-13,16,18H,5-6,14-15H2,1-4H3,(H,25,26,30). The SMILES string of the molecule is CCN(CC)CCn1c(NC(=O)C(C)Oc2cccc(C(C)=O)c2)nc2ccccc21. The van der Waals surface area contributed by atoms with Gasteiger partial charge in [-0.15, -0.1) is 0 Å².